The van der Waals surface area contributed by atoms with Crippen molar-refractivity contribution in [1.82, 2.24) is 9.97 Å². The van der Waals surface area contributed by atoms with Crippen LogP contribution in [0.1, 0.15) is 18.9 Å². The first-order valence-corrected chi connectivity index (χ1v) is 7.07. The van der Waals surface area contributed by atoms with Gasteiger partial charge in [0.05, 0.1) is 11.6 Å². The Morgan fingerprint density at radius 3 is 2.90 bits per heavy atom. The molecular weight excluding hydrogens is 339 g/mol. The van der Waals surface area contributed by atoms with E-state index in [1.165, 1.54) is 18.5 Å². The third-order valence-corrected chi connectivity index (χ3v) is 3.28. The number of ether oxygens (including phenoxy) is 1. The fraction of sp³-hybridized carbons (Fsp3) is 0.214. The van der Waals surface area contributed by atoms with Gasteiger partial charge in [0.1, 0.15) is 16.6 Å². The number of halogens is 2. The second kappa shape index (κ2) is 6.99. The Bertz CT molecular complexity index is 687. The minimum atomic E-state index is -0.623. The average Bonchev–Trinajstić information content (AvgIpc) is 2.50. The van der Waals surface area contributed by atoms with Crippen molar-refractivity contribution in [1.29, 1.82) is 5.26 Å². The summed E-state index contributed by atoms with van der Waals surface area (Å²) >= 11 is 3.33. The Hall–Kier alpha value is -2.20. The zero-order valence-corrected chi connectivity index (χ0v) is 12.8. The van der Waals surface area contributed by atoms with Gasteiger partial charge in [0.25, 0.3) is 0 Å². The molecule has 2 aromatic rings. The predicted octanol–water partition coefficient (Wildman–Crippen LogP) is 3.86. The van der Waals surface area contributed by atoms with Gasteiger partial charge in [-0.05, 0) is 40.5 Å². The number of nitrogens with zero attached hydrogens (tertiary/aromatic N) is 3. The molecule has 1 N–H and O–H groups in total. The fourth-order valence-corrected chi connectivity index (χ4v) is 1.97. The zero-order valence-electron chi connectivity index (χ0n) is 11.2. The Balaban J connectivity index is 2.26. The standard InChI is InChI=1S/C14H12BrFN4O/c1-2-5-18-13-12(15)14(20-8-19-13)21-11-4-3-9(7-17)6-10(11)16/h3-4,6,8H,2,5H2,1H3,(H,18,19,20). The monoisotopic (exact) mass is 350 g/mol. The molecule has 5 nitrogen and oxygen atoms in total. The molecule has 1 heterocycles. The quantitative estimate of drug-likeness (QED) is 0.886. The highest BCUT2D eigenvalue weighted by Gasteiger charge is 2.13. The van der Waals surface area contributed by atoms with E-state index in [4.69, 9.17) is 10.00 Å². The first-order chi connectivity index (χ1) is 10.2. The topological polar surface area (TPSA) is 70.8 Å². The van der Waals surface area contributed by atoms with Gasteiger partial charge in [0.15, 0.2) is 11.6 Å². The Kier molecular flexibility index (Phi) is 5.06. The zero-order chi connectivity index (χ0) is 15.2. The first-order valence-electron chi connectivity index (χ1n) is 6.27. The van der Waals surface area contributed by atoms with Crippen LogP contribution in [0.5, 0.6) is 11.6 Å². The van der Waals surface area contributed by atoms with Crippen molar-refractivity contribution < 1.29 is 9.13 Å². The molecule has 0 aliphatic carbocycles. The SMILES string of the molecule is CCCNc1ncnc(Oc2ccc(C#N)cc2F)c1Br. The maximum atomic E-state index is 13.8. The normalized spacial score (nSPS) is 10.0. The lowest BCUT2D eigenvalue weighted by atomic mass is 10.2. The number of benzene rings is 1. The van der Waals surface area contributed by atoms with Crippen LogP contribution in [0, 0.1) is 17.1 Å². The number of aromatic nitrogens is 2. The van der Waals surface area contributed by atoms with E-state index in [1.54, 1.807) is 0 Å². The molecule has 0 bridgehead atoms. The van der Waals surface area contributed by atoms with E-state index in [1.807, 2.05) is 13.0 Å². The van der Waals surface area contributed by atoms with Crippen LogP contribution in [0.15, 0.2) is 29.0 Å². The summed E-state index contributed by atoms with van der Waals surface area (Å²) in [7, 11) is 0. The summed E-state index contributed by atoms with van der Waals surface area (Å²) < 4.78 is 19.8. The largest absolute Gasteiger partial charge is 0.435 e. The van der Waals surface area contributed by atoms with Crippen molar-refractivity contribution in [3.63, 3.8) is 0 Å². The molecular formula is C14H12BrFN4O. The van der Waals surface area contributed by atoms with Gasteiger partial charge < -0.3 is 10.1 Å². The van der Waals surface area contributed by atoms with Gasteiger partial charge in [0, 0.05) is 6.54 Å². The van der Waals surface area contributed by atoms with E-state index in [0.717, 1.165) is 19.0 Å². The molecule has 0 unspecified atom stereocenters. The third-order valence-electron chi connectivity index (χ3n) is 2.57. The van der Waals surface area contributed by atoms with Crippen LogP contribution in [0.3, 0.4) is 0 Å². The van der Waals surface area contributed by atoms with E-state index < -0.39 is 5.82 Å². The number of nitriles is 1. The summed E-state index contributed by atoms with van der Waals surface area (Å²) in [5.41, 5.74) is 0.229. The Morgan fingerprint density at radius 1 is 1.43 bits per heavy atom. The van der Waals surface area contributed by atoms with Crippen LogP contribution in [-0.4, -0.2) is 16.5 Å². The third kappa shape index (κ3) is 3.67. The second-order valence-electron chi connectivity index (χ2n) is 4.13. The molecule has 1 aromatic heterocycles. The minimum Gasteiger partial charge on any atom is -0.435 e. The van der Waals surface area contributed by atoms with E-state index >= 15 is 0 Å². The van der Waals surface area contributed by atoms with Gasteiger partial charge in [-0.1, -0.05) is 6.92 Å². The van der Waals surface area contributed by atoms with Crippen molar-refractivity contribution in [2.24, 2.45) is 0 Å². The molecule has 0 saturated heterocycles. The lowest BCUT2D eigenvalue weighted by Gasteiger charge is -2.11. The Labute approximate surface area is 129 Å². The lowest BCUT2D eigenvalue weighted by molar-refractivity contribution is 0.424. The van der Waals surface area contributed by atoms with E-state index in [-0.39, 0.29) is 17.2 Å². The highest BCUT2D eigenvalue weighted by atomic mass is 79.9. The van der Waals surface area contributed by atoms with Gasteiger partial charge in [-0.15, -0.1) is 0 Å². The summed E-state index contributed by atoms with van der Waals surface area (Å²) in [5.74, 6) is 0.153. The van der Waals surface area contributed by atoms with Gasteiger partial charge >= 0.3 is 0 Å². The predicted molar refractivity (Wildman–Crippen MR) is 79.7 cm³/mol. The van der Waals surface area contributed by atoms with Gasteiger partial charge in [-0.2, -0.15) is 5.26 Å². The van der Waals surface area contributed by atoms with Crippen molar-refractivity contribution in [2.45, 2.75) is 13.3 Å². The number of anilines is 1. The molecule has 0 aliphatic heterocycles. The van der Waals surface area contributed by atoms with Gasteiger partial charge in [0.2, 0.25) is 5.88 Å². The minimum absolute atomic E-state index is 0.00478. The number of hydrogen-bond acceptors (Lipinski definition) is 5. The maximum absolute atomic E-state index is 13.8. The highest BCUT2D eigenvalue weighted by Crippen LogP contribution is 2.33. The molecule has 0 fully saturated rings. The van der Waals surface area contributed by atoms with Crippen LogP contribution >= 0.6 is 15.9 Å². The molecule has 0 atom stereocenters. The van der Waals surface area contributed by atoms with Crippen molar-refractivity contribution in [3.8, 4) is 17.7 Å². The van der Waals surface area contributed by atoms with Gasteiger partial charge in [-0.25, -0.2) is 14.4 Å². The molecule has 0 radical (unpaired) electrons. The van der Waals surface area contributed by atoms with Crippen LogP contribution in [0.2, 0.25) is 0 Å². The number of nitrogens with one attached hydrogen (secondary N) is 1. The number of rotatable bonds is 5. The Morgan fingerprint density at radius 2 is 2.24 bits per heavy atom. The van der Waals surface area contributed by atoms with E-state index in [0.29, 0.717) is 10.3 Å². The lowest BCUT2D eigenvalue weighted by Crippen LogP contribution is -2.04. The van der Waals surface area contributed by atoms with Gasteiger partial charge in [-0.3, -0.25) is 0 Å². The summed E-state index contributed by atoms with van der Waals surface area (Å²) in [6.45, 7) is 2.78. The van der Waals surface area contributed by atoms with Crippen molar-refractivity contribution in [2.75, 3.05) is 11.9 Å². The number of hydrogen-bond donors (Lipinski definition) is 1. The summed E-state index contributed by atoms with van der Waals surface area (Å²) in [5, 5.41) is 11.8. The molecule has 7 heteroatoms. The van der Waals surface area contributed by atoms with Crippen LogP contribution in [0.25, 0.3) is 0 Å². The smallest absolute Gasteiger partial charge is 0.239 e. The fourth-order valence-electron chi connectivity index (χ4n) is 1.55. The van der Waals surface area contributed by atoms with Crippen LogP contribution < -0.4 is 10.1 Å². The van der Waals surface area contributed by atoms with E-state index in [9.17, 15) is 4.39 Å². The molecule has 0 aliphatic rings. The second-order valence-corrected chi connectivity index (χ2v) is 4.92. The maximum Gasteiger partial charge on any atom is 0.239 e. The molecule has 0 spiro atoms. The molecule has 0 saturated carbocycles. The van der Waals surface area contributed by atoms with Crippen molar-refractivity contribution in [3.05, 3.63) is 40.4 Å². The molecule has 2 rings (SSSR count). The molecule has 21 heavy (non-hydrogen) atoms. The highest BCUT2D eigenvalue weighted by molar-refractivity contribution is 9.10. The molecule has 108 valence electrons. The summed E-state index contributed by atoms with van der Waals surface area (Å²) in [6, 6.07) is 5.84. The summed E-state index contributed by atoms with van der Waals surface area (Å²) in [4.78, 5) is 8.06. The summed E-state index contributed by atoms with van der Waals surface area (Å²) in [6.07, 6.45) is 2.27. The average molecular weight is 351 g/mol. The van der Waals surface area contributed by atoms with Crippen LogP contribution in [-0.2, 0) is 0 Å². The first kappa shape index (κ1) is 15.2. The van der Waals surface area contributed by atoms with Crippen LogP contribution in [0.4, 0.5) is 10.2 Å². The molecule has 0 amide bonds. The van der Waals surface area contributed by atoms with E-state index in [2.05, 4.69) is 31.2 Å². The molecule has 1 aromatic carbocycles. The van der Waals surface area contributed by atoms with Crippen molar-refractivity contribution >= 4 is 21.7 Å².